The first-order valence-corrected chi connectivity index (χ1v) is 9.36. The van der Waals surface area contributed by atoms with E-state index in [9.17, 15) is 0 Å². The van der Waals surface area contributed by atoms with Gasteiger partial charge in [-0.05, 0) is 24.6 Å². The SMILES string of the molecule is COc1ccccc1N1CCN(CCCn2ncc3ccccc32)CC1. The zero-order valence-electron chi connectivity index (χ0n) is 15.3. The van der Waals surface area contributed by atoms with Crippen LogP contribution in [0.15, 0.2) is 54.7 Å². The Kier molecular flexibility index (Phi) is 5.07. The predicted molar refractivity (Wildman–Crippen MR) is 106 cm³/mol. The van der Waals surface area contributed by atoms with Crippen LogP contribution >= 0.6 is 0 Å². The van der Waals surface area contributed by atoms with E-state index in [1.54, 1.807) is 7.11 Å². The molecule has 1 fully saturated rings. The normalized spacial score (nSPS) is 15.5. The number of hydrogen-bond acceptors (Lipinski definition) is 4. The van der Waals surface area contributed by atoms with E-state index in [1.165, 1.54) is 16.6 Å². The first-order chi connectivity index (χ1) is 12.8. The fraction of sp³-hybridized carbons (Fsp3) is 0.381. The van der Waals surface area contributed by atoms with Gasteiger partial charge in [0, 0.05) is 44.7 Å². The molecule has 26 heavy (non-hydrogen) atoms. The van der Waals surface area contributed by atoms with Crippen molar-refractivity contribution in [2.24, 2.45) is 0 Å². The maximum Gasteiger partial charge on any atom is 0.142 e. The zero-order chi connectivity index (χ0) is 17.8. The molecule has 0 N–H and O–H groups in total. The van der Waals surface area contributed by atoms with Crippen molar-refractivity contribution in [3.05, 3.63) is 54.7 Å². The van der Waals surface area contributed by atoms with Gasteiger partial charge in [-0.3, -0.25) is 9.58 Å². The molecular formula is C21H26N4O. The molecule has 1 aromatic heterocycles. The molecule has 0 atom stereocenters. The lowest BCUT2D eigenvalue weighted by atomic mass is 10.2. The molecule has 0 saturated carbocycles. The second-order valence-corrected chi connectivity index (χ2v) is 6.78. The van der Waals surface area contributed by atoms with Gasteiger partial charge in [-0.1, -0.05) is 30.3 Å². The van der Waals surface area contributed by atoms with Gasteiger partial charge >= 0.3 is 0 Å². The Morgan fingerprint density at radius 1 is 0.923 bits per heavy atom. The summed E-state index contributed by atoms with van der Waals surface area (Å²) in [6.45, 7) is 6.38. The van der Waals surface area contributed by atoms with Crippen LogP contribution in [0.25, 0.3) is 10.9 Å². The van der Waals surface area contributed by atoms with Crippen LogP contribution in [0.2, 0.25) is 0 Å². The van der Waals surface area contributed by atoms with Crippen molar-refractivity contribution in [3.63, 3.8) is 0 Å². The highest BCUT2D eigenvalue weighted by Gasteiger charge is 2.19. The standard InChI is InChI=1S/C21H26N4O/c1-26-21-10-5-4-9-20(21)24-15-13-23(14-16-24)11-6-12-25-19-8-3-2-7-18(19)17-22-25/h2-5,7-10,17H,6,11-16H2,1H3. The van der Waals surface area contributed by atoms with Crippen molar-refractivity contribution < 1.29 is 4.74 Å². The Hall–Kier alpha value is -2.53. The molecule has 1 aliphatic heterocycles. The molecule has 0 unspecified atom stereocenters. The lowest BCUT2D eigenvalue weighted by Gasteiger charge is -2.36. The van der Waals surface area contributed by atoms with E-state index in [0.29, 0.717) is 0 Å². The third-order valence-electron chi connectivity index (χ3n) is 5.19. The van der Waals surface area contributed by atoms with Crippen molar-refractivity contribution in [3.8, 4) is 5.75 Å². The van der Waals surface area contributed by atoms with E-state index in [2.05, 4.69) is 56.0 Å². The summed E-state index contributed by atoms with van der Waals surface area (Å²) in [7, 11) is 1.74. The Balaban J connectivity index is 1.28. The fourth-order valence-corrected chi connectivity index (χ4v) is 3.75. The fourth-order valence-electron chi connectivity index (χ4n) is 3.75. The smallest absolute Gasteiger partial charge is 0.142 e. The minimum Gasteiger partial charge on any atom is -0.495 e. The largest absolute Gasteiger partial charge is 0.495 e. The quantitative estimate of drug-likeness (QED) is 0.683. The second-order valence-electron chi connectivity index (χ2n) is 6.78. The molecule has 0 spiro atoms. The van der Waals surface area contributed by atoms with Gasteiger partial charge in [0.1, 0.15) is 5.75 Å². The minimum absolute atomic E-state index is 0.964. The van der Waals surface area contributed by atoms with Gasteiger partial charge in [0.05, 0.1) is 24.5 Å². The van der Waals surface area contributed by atoms with Crippen LogP contribution in [0.1, 0.15) is 6.42 Å². The average molecular weight is 350 g/mol. The minimum atomic E-state index is 0.964. The first kappa shape index (κ1) is 16.9. The van der Waals surface area contributed by atoms with Crippen LogP contribution in [0, 0.1) is 0 Å². The number of anilines is 1. The average Bonchev–Trinajstić information content (AvgIpc) is 3.12. The Labute approximate surface area is 154 Å². The van der Waals surface area contributed by atoms with E-state index in [-0.39, 0.29) is 0 Å². The van der Waals surface area contributed by atoms with Gasteiger partial charge in [-0.15, -0.1) is 0 Å². The molecule has 5 heteroatoms. The van der Waals surface area contributed by atoms with Gasteiger partial charge in [-0.2, -0.15) is 5.10 Å². The molecule has 0 amide bonds. The number of methoxy groups -OCH3 is 1. The summed E-state index contributed by atoms with van der Waals surface area (Å²) < 4.78 is 7.63. The van der Waals surface area contributed by atoms with Gasteiger partial charge in [0.2, 0.25) is 0 Å². The van der Waals surface area contributed by atoms with Gasteiger partial charge in [-0.25, -0.2) is 0 Å². The molecular weight excluding hydrogens is 324 g/mol. The number of benzene rings is 2. The molecule has 0 aliphatic carbocycles. The number of piperazine rings is 1. The summed E-state index contributed by atoms with van der Waals surface area (Å²) in [5, 5.41) is 5.75. The third kappa shape index (κ3) is 3.53. The number of aryl methyl sites for hydroxylation is 1. The molecule has 0 radical (unpaired) electrons. The molecule has 136 valence electrons. The topological polar surface area (TPSA) is 33.5 Å². The Bertz CT molecular complexity index is 852. The molecule has 1 saturated heterocycles. The van der Waals surface area contributed by atoms with Crippen molar-refractivity contribution in [2.45, 2.75) is 13.0 Å². The molecule has 2 aromatic carbocycles. The van der Waals surface area contributed by atoms with Gasteiger partial charge in [0.25, 0.3) is 0 Å². The highest BCUT2D eigenvalue weighted by atomic mass is 16.5. The highest BCUT2D eigenvalue weighted by molar-refractivity contribution is 5.78. The van der Waals surface area contributed by atoms with E-state index < -0.39 is 0 Å². The van der Waals surface area contributed by atoms with E-state index >= 15 is 0 Å². The van der Waals surface area contributed by atoms with Crippen LogP contribution in [0.5, 0.6) is 5.75 Å². The van der Waals surface area contributed by atoms with Crippen LogP contribution < -0.4 is 9.64 Å². The number of hydrogen-bond donors (Lipinski definition) is 0. The van der Waals surface area contributed by atoms with E-state index in [1.807, 2.05) is 18.3 Å². The monoisotopic (exact) mass is 350 g/mol. The number of ether oxygens (including phenoxy) is 1. The number of aromatic nitrogens is 2. The maximum atomic E-state index is 5.50. The number of para-hydroxylation sites is 3. The lowest BCUT2D eigenvalue weighted by Crippen LogP contribution is -2.46. The zero-order valence-corrected chi connectivity index (χ0v) is 15.3. The summed E-state index contributed by atoms with van der Waals surface area (Å²) in [6.07, 6.45) is 3.09. The Morgan fingerprint density at radius 3 is 2.54 bits per heavy atom. The summed E-state index contributed by atoms with van der Waals surface area (Å²) in [6, 6.07) is 16.7. The van der Waals surface area contributed by atoms with Crippen molar-refractivity contribution >= 4 is 16.6 Å². The van der Waals surface area contributed by atoms with Crippen LogP contribution in [0.4, 0.5) is 5.69 Å². The summed E-state index contributed by atoms with van der Waals surface area (Å²) in [5.74, 6) is 0.964. The third-order valence-corrected chi connectivity index (χ3v) is 5.19. The highest BCUT2D eigenvalue weighted by Crippen LogP contribution is 2.28. The van der Waals surface area contributed by atoms with Gasteiger partial charge < -0.3 is 9.64 Å². The predicted octanol–water partition coefficient (Wildman–Crippen LogP) is 3.26. The molecule has 2 heterocycles. The van der Waals surface area contributed by atoms with E-state index in [0.717, 1.165) is 51.4 Å². The first-order valence-electron chi connectivity index (χ1n) is 9.36. The van der Waals surface area contributed by atoms with Crippen molar-refractivity contribution in [1.29, 1.82) is 0 Å². The lowest BCUT2D eigenvalue weighted by molar-refractivity contribution is 0.249. The summed E-state index contributed by atoms with van der Waals surface area (Å²) >= 11 is 0. The van der Waals surface area contributed by atoms with Crippen molar-refractivity contribution in [1.82, 2.24) is 14.7 Å². The summed E-state index contributed by atoms with van der Waals surface area (Å²) in [5.41, 5.74) is 2.44. The number of rotatable bonds is 6. The van der Waals surface area contributed by atoms with Gasteiger partial charge in [0.15, 0.2) is 0 Å². The molecule has 0 bridgehead atoms. The van der Waals surface area contributed by atoms with E-state index in [4.69, 9.17) is 4.74 Å². The summed E-state index contributed by atoms with van der Waals surface area (Å²) in [4.78, 5) is 4.98. The molecule has 4 rings (SSSR count). The molecule has 5 nitrogen and oxygen atoms in total. The van der Waals surface area contributed by atoms with Crippen LogP contribution in [-0.4, -0.2) is 54.5 Å². The number of fused-ring (bicyclic) bond motifs is 1. The molecule has 1 aliphatic rings. The maximum absolute atomic E-state index is 5.50. The Morgan fingerprint density at radius 2 is 1.69 bits per heavy atom. The van der Waals surface area contributed by atoms with Crippen LogP contribution in [-0.2, 0) is 6.54 Å². The second kappa shape index (κ2) is 7.79. The van der Waals surface area contributed by atoms with Crippen LogP contribution in [0.3, 0.4) is 0 Å². The van der Waals surface area contributed by atoms with Crippen molar-refractivity contribution in [2.75, 3.05) is 44.7 Å². The number of nitrogens with zero attached hydrogens (tertiary/aromatic N) is 4. The molecule has 3 aromatic rings.